The summed E-state index contributed by atoms with van der Waals surface area (Å²) in [6.07, 6.45) is 7.08. The molecule has 2 N–H and O–H groups in total. The number of benzene rings is 1. The van der Waals surface area contributed by atoms with Crippen LogP contribution in [0.15, 0.2) is 18.2 Å². The van der Waals surface area contributed by atoms with E-state index >= 15 is 0 Å². The van der Waals surface area contributed by atoms with E-state index in [1.807, 2.05) is 4.90 Å². The molecule has 3 rings (SSSR count). The number of piperidine rings is 1. The van der Waals surface area contributed by atoms with E-state index in [0.29, 0.717) is 17.5 Å². The fourth-order valence-corrected chi connectivity index (χ4v) is 3.70. The molecule has 108 valence electrons. The third kappa shape index (κ3) is 2.39. The van der Waals surface area contributed by atoms with Crippen LogP contribution in [0.25, 0.3) is 0 Å². The van der Waals surface area contributed by atoms with E-state index in [0.717, 1.165) is 19.4 Å². The molecule has 1 saturated heterocycles. The molecule has 3 nitrogen and oxygen atoms in total. The van der Waals surface area contributed by atoms with Gasteiger partial charge in [0.15, 0.2) is 0 Å². The van der Waals surface area contributed by atoms with Crippen LogP contribution in [0.3, 0.4) is 0 Å². The predicted octanol–water partition coefficient (Wildman–Crippen LogP) is 3.20. The van der Waals surface area contributed by atoms with Crippen molar-refractivity contribution < 1.29 is 9.18 Å². The zero-order valence-corrected chi connectivity index (χ0v) is 11.6. The van der Waals surface area contributed by atoms with Gasteiger partial charge >= 0.3 is 0 Å². The first kappa shape index (κ1) is 13.4. The van der Waals surface area contributed by atoms with E-state index in [9.17, 15) is 9.18 Å². The molecule has 1 amide bonds. The Morgan fingerprint density at radius 2 is 1.95 bits per heavy atom. The number of anilines is 1. The number of hydrogen-bond acceptors (Lipinski definition) is 2. The van der Waals surface area contributed by atoms with Gasteiger partial charge in [0, 0.05) is 18.2 Å². The standard InChI is InChI=1S/C16H21FN2O/c17-13-10-12(7-8-14(13)18)16(20)19-9-3-5-11-4-1-2-6-15(11)19/h7-8,10-11,15H,1-6,9,18H2/t11-,15-/m1/s1. The van der Waals surface area contributed by atoms with Crippen LogP contribution in [0, 0.1) is 11.7 Å². The van der Waals surface area contributed by atoms with Crippen molar-refractivity contribution in [2.45, 2.75) is 44.6 Å². The Bertz CT molecular complexity index is 515. The molecule has 2 fully saturated rings. The highest BCUT2D eigenvalue weighted by Gasteiger charge is 2.36. The maximum atomic E-state index is 13.5. The zero-order valence-electron chi connectivity index (χ0n) is 11.6. The molecule has 0 unspecified atom stereocenters. The second kappa shape index (κ2) is 5.43. The number of amides is 1. The van der Waals surface area contributed by atoms with Crippen LogP contribution in [0.4, 0.5) is 10.1 Å². The lowest BCUT2D eigenvalue weighted by atomic mass is 9.78. The topological polar surface area (TPSA) is 46.3 Å². The van der Waals surface area contributed by atoms with E-state index < -0.39 is 5.82 Å². The smallest absolute Gasteiger partial charge is 0.254 e. The molecule has 0 bridgehead atoms. The van der Waals surface area contributed by atoms with E-state index in [1.165, 1.54) is 37.8 Å². The van der Waals surface area contributed by atoms with Gasteiger partial charge in [0.1, 0.15) is 5.82 Å². The average Bonchev–Trinajstić information content (AvgIpc) is 2.49. The maximum Gasteiger partial charge on any atom is 0.254 e. The molecule has 1 saturated carbocycles. The molecule has 0 radical (unpaired) electrons. The minimum atomic E-state index is -0.506. The maximum absolute atomic E-state index is 13.5. The molecule has 1 aliphatic heterocycles. The van der Waals surface area contributed by atoms with Crippen molar-refractivity contribution in [1.29, 1.82) is 0 Å². The quantitative estimate of drug-likeness (QED) is 0.801. The largest absolute Gasteiger partial charge is 0.396 e. The number of likely N-dealkylation sites (tertiary alicyclic amines) is 1. The van der Waals surface area contributed by atoms with Gasteiger partial charge in [-0.25, -0.2) is 4.39 Å². The second-order valence-electron chi connectivity index (χ2n) is 5.99. The summed E-state index contributed by atoms with van der Waals surface area (Å²) in [6.45, 7) is 0.798. The van der Waals surface area contributed by atoms with E-state index in [2.05, 4.69) is 0 Å². The number of halogens is 1. The molecule has 2 aliphatic rings. The number of nitrogens with two attached hydrogens (primary N) is 1. The summed E-state index contributed by atoms with van der Waals surface area (Å²) in [5, 5.41) is 0. The van der Waals surface area contributed by atoms with Crippen LogP contribution in [0.5, 0.6) is 0 Å². The minimum Gasteiger partial charge on any atom is -0.396 e. The van der Waals surface area contributed by atoms with Gasteiger partial charge < -0.3 is 10.6 Å². The predicted molar refractivity (Wildman–Crippen MR) is 76.8 cm³/mol. The Hall–Kier alpha value is -1.58. The number of fused-ring (bicyclic) bond motifs is 1. The van der Waals surface area contributed by atoms with Crippen LogP contribution in [0.1, 0.15) is 48.9 Å². The van der Waals surface area contributed by atoms with Crippen molar-refractivity contribution in [3.05, 3.63) is 29.6 Å². The lowest BCUT2D eigenvalue weighted by Crippen LogP contribution is -2.49. The first-order valence-electron chi connectivity index (χ1n) is 7.53. The third-order valence-electron chi connectivity index (χ3n) is 4.75. The first-order valence-corrected chi connectivity index (χ1v) is 7.53. The summed E-state index contributed by atoms with van der Waals surface area (Å²) in [6, 6.07) is 4.73. The Kier molecular flexibility index (Phi) is 3.64. The molecule has 20 heavy (non-hydrogen) atoms. The Labute approximate surface area is 118 Å². The van der Waals surface area contributed by atoms with Gasteiger partial charge in [-0.2, -0.15) is 0 Å². The zero-order chi connectivity index (χ0) is 14.1. The summed E-state index contributed by atoms with van der Waals surface area (Å²) in [5.41, 5.74) is 5.99. The molecule has 0 aromatic heterocycles. The highest BCUT2D eigenvalue weighted by Crippen LogP contribution is 2.36. The second-order valence-corrected chi connectivity index (χ2v) is 5.99. The Balaban J connectivity index is 1.83. The SMILES string of the molecule is Nc1ccc(C(=O)N2CCC[C@H]3CCCC[C@H]32)cc1F. The molecular weight excluding hydrogens is 255 g/mol. The van der Waals surface area contributed by atoms with Gasteiger partial charge in [-0.05, 0) is 49.8 Å². The molecule has 0 spiro atoms. The highest BCUT2D eigenvalue weighted by atomic mass is 19.1. The normalized spacial score (nSPS) is 26.1. The number of carbonyl (C=O) groups is 1. The first-order chi connectivity index (χ1) is 9.66. The number of nitrogens with zero attached hydrogens (tertiary/aromatic N) is 1. The molecule has 1 heterocycles. The van der Waals surface area contributed by atoms with Gasteiger partial charge in [0.25, 0.3) is 5.91 Å². The number of nitrogen functional groups attached to an aromatic ring is 1. The number of carbonyl (C=O) groups excluding carboxylic acids is 1. The molecule has 4 heteroatoms. The fraction of sp³-hybridized carbons (Fsp3) is 0.562. The van der Waals surface area contributed by atoms with Gasteiger partial charge in [-0.3, -0.25) is 4.79 Å². The van der Waals surface area contributed by atoms with Crippen molar-refractivity contribution in [3.8, 4) is 0 Å². The van der Waals surface area contributed by atoms with Crippen LogP contribution in [-0.2, 0) is 0 Å². The summed E-state index contributed by atoms with van der Waals surface area (Å²) >= 11 is 0. The molecular formula is C16H21FN2O. The molecule has 1 aromatic rings. The summed E-state index contributed by atoms with van der Waals surface area (Å²) in [5.74, 6) is 0.0913. The van der Waals surface area contributed by atoms with Crippen LogP contribution < -0.4 is 5.73 Å². The Morgan fingerprint density at radius 3 is 2.75 bits per heavy atom. The van der Waals surface area contributed by atoms with Crippen molar-refractivity contribution in [3.63, 3.8) is 0 Å². The van der Waals surface area contributed by atoms with E-state index in [4.69, 9.17) is 5.73 Å². The van der Waals surface area contributed by atoms with E-state index in [-0.39, 0.29) is 11.6 Å². The van der Waals surface area contributed by atoms with E-state index in [1.54, 1.807) is 6.07 Å². The minimum absolute atomic E-state index is 0.0412. The molecule has 1 aromatic carbocycles. The lowest BCUT2D eigenvalue weighted by Gasteiger charge is -2.44. The van der Waals surface area contributed by atoms with Gasteiger partial charge in [0.2, 0.25) is 0 Å². The fourth-order valence-electron chi connectivity index (χ4n) is 3.70. The number of hydrogen-bond donors (Lipinski definition) is 1. The van der Waals surface area contributed by atoms with Gasteiger partial charge in [0.05, 0.1) is 5.69 Å². The van der Waals surface area contributed by atoms with Crippen molar-refractivity contribution in [2.75, 3.05) is 12.3 Å². The van der Waals surface area contributed by atoms with Crippen LogP contribution in [-0.4, -0.2) is 23.4 Å². The average molecular weight is 276 g/mol. The summed E-state index contributed by atoms with van der Waals surface area (Å²) in [4.78, 5) is 14.6. The van der Waals surface area contributed by atoms with Crippen molar-refractivity contribution in [2.24, 2.45) is 5.92 Å². The van der Waals surface area contributed by atoms with Crippen molar-refractivity contribution in [1.82, 2.24) is 4.90 Å². The van der Waals surface area contributed by atoms with Gasteiger partial charge in [-0.15, -0.1) is 0 Å². The Morgan fingerprint density at radius 1 is 1.20 bits per heavy atom. The monoisotopic (exact) mass is 276 g/mol. The summed E-state index contributed by atoms with van der Waals surface area (Å²) < 4.78 is 13.5. The highest BCUT2D eigenvalue weighted by molar-refractivity contribution is 5.94. The van der Waals surface area contributed by atoms with Crippen LogP contribution >= 0.6 is 0 Å². The number of rotatable bonds is 1. The summed E-state index contributed by atoms with van der Waals surface area (Å²) in [7, 11) is 0. The lowest BCUT2D eigenvalue weighted by molar-refractivity contribution is 0.0390. The van der Waals surface area contributed by atoms with Crippen LogP contribution in [0.2, 0.25) is 0 Å². The molecule has 1 aliphatic carbocycles. The third-order valence-corrected chi connectivity index (χ3v) is 4.75. The molecule has 2 atom stereocenters. The van der Waals surface area contributed by atoms with Crippen molar-refractivity contribution >= 4 is 11.6 Å². The van der Waals surface area contributed by atoms with Gasteiger partial charge in [-0.1, -0.05) is 12.8 Å².